The molecule has 128 valence electrons. The summed E-state index contributed by atoms with van der Waals surface area (Å²) in [6.07, 6.45) is 13.5. The van der Waals surface area contributed by atoms with E-state index < -0.39 is 0 Å². The van der Waals surface area contributed by atoms with Gasteiger partial charge in [0.25, 0.3) is 0 Å². The Hall–Kier alpha value is 0.390. The van der Waals surface area contributed by atoms with E-state index in [9.17, 15) is 0 Å². The summed E-state index contributed by atoms with van der Waals surface area (Å²) in [5.41, 5.74) is 0.177. The van der Waals surface area contributed by atoms with Crippen molar-refractivity contribution in [1.82, 2.24) is 5.32 Å². The van der Waals surface area contributed by atoms with Crippen LogP contribution in [-0.4, -0.2) is 23.3 Å². The van der Waals surface area contributed by atoms with Crippen molar-refractivity contribution in [1.29, 1.82) is 0 Å². The lowest BCUT2D eigenvalue weighted by Gasteiger charge is -2.60. The van der Waals surface area contributed by atoms with Gasteiger partial charge in [0.1, 0.15) is 0 Å². The monoisotopic (exact) mass is 427 g/mol. The molecular formula is C20H30INO. The molecule has 2 nitrogen and oxygen atoms in total. The second kappa shape index (κ2) is 5.20. The van der Waals surface area contributed by atoms with Crippen LogP contribution < -0.4 is 5.32 Å². The Bertz CT molecular complexity index is 548. The highest BCUT2D eigenvalue weighted by molar-refractivity contribution is 14.1. The second-order valence-electron chi connectivity index (χ2n) is 9.21. The zero-order valence-corrected chi connectivity index (χ0v) is 16.6. The molecule has 3 heteroatoms. The number of hydrogen-bond acceptors (Lipinski definition) is 2. The van der Waals surface area contributed by atoms with Gasteiger partial charge in [-0.05, 0) is 90.0 Å². The highest BCUT2D eigenvalue weighted by Crippen LogP contribution is 2.68. The molecule has 6 aliphatic rings. The topological polar surface area (TPSA) is 21.3 Å². The Labute approximate surface area is 154 Å². The minimum absolute atomic E-state index is 0.0819. The number of rotatable bonds is 1. The first-order chi connectivity index (χ1) is 11.0. The Balaban J connectivity index is 1.54. The van der Waals surface area contributed by atoms with Gasteiger partial charge in [0.05, 0.1) is 11.2 Å². The molecule has 4 bridgehead atoms. The van der Waals surface area contributed by atoms with Gasteiger partial charge in [0.2, 0.25) is 0 Å². The molecule has 6 rings (SSSR count). The van der Waals surface area contributed by atoms with Crippen molar-refractivity contribution >= 4 is 22.6 Å². The maximum Gasteiger partial charge on any atom is 0.0911 e. The maximum absolute atomic E-state index is 7.11. The molecule has 0 radical (unpaired) electrons. The molecule has 0 aromatic rings. The van der Waals surface area contributed by atoms with Gasteiger partial charge < -0.3 is 10.1 Å². The summed E-state index contributed by atoms with van der Waals surface area (Å²) < 4.78 is 8.74. The zero-order valence-electron chi connectivity index (χ0n) is 14.5. The van der Waals surface area contributed by atoms with Gasteiger partial charge in [-0.25, -0.2) is 0 Å². The molecule has 8 atom stereocenters. The number of nitrogens with one attached hydrogen (secondary N) is 1. The molecule has 2 saturated carbocycles. The smallest absolute Gasteiger partial charge is 0.0911 e. The lowest BCUT2D eigenvalue weighted by Crippen LogP contribution is -2.63. The number of ether oxygens (including phenoxy) is 1. The quantitative estimate of drug-likeness (QED) is 0.606. The molecule has 3 aliphatic heterocycles. The largest absolute Gasteiger partial charge is 0.363 e. The molecule has 3 heterocycles. The molecule has 0 amide bonds. The molecule has 1 N–H and O–H groups in total. The SMILES string of the molecule is C[C@@H]1CCC[C@H]([C@H]2C[C@@H]3[C@H]4C(I)=C[C@]5(CCCC[C@@H]35)OC24C)N1. The van der Waals surface area contributed by atoms with Crippen molar-refractivity contribution in [3.05, 3.63) is 9.66 Å². The Morgan fingerprint density at radius 2 is 2.04 bits per heavy atom. The average Bonchev–Trinajstić information content (AvgIpc) is 2.76. The van der Waals surface area contributed by atoms with E-state index in [1.54, 1.807) is 3.58 Å². The van der Waals surface area contributed by atoms with Crippen molar-refractivity contribution in [2.75, 3.05) is 0 Å². The second-order valence-corrected chi connectivity index (χ2v) is 10.5. The first-order valence-corrected chi connectivity index (χ1v) is 11.0. The summed E-state index contributed by atoms with van der Waals surface area (Å²) in [6, 6.07) is 1.36. The fraction of sp³-hybridized carbons (Fsp3) is 0.900. The third kappa shape index (κ3) is 2.05. The van der Waals surface area contributed by atoms with Crippen LogP contribution >= 0.6 is 22.6 Å². The summed E-state index contributed by atoms with van der Waals surface area (Å²) in [6.45, 7) is 4.84. The van der Waals surface area contributed by atoms with Gasteiger partial charge in [-0.1, -0.05) is 19.3 Å². The van der Waals surface area contributed by atoms with Crippen LogP contribution in [0.2, 0.25) is 0 Å². The molecular weight excluding hydrogens is 397 g/mol. The highest BCUT2D eigenvalue weighted by atomic mass is 127. The van der Waals surface area contributed by atoms with E-state index >= 15 is 0 Å². The van der Waals surface area contributed by atoms with Crippen molar-refractivity contribution < 1.29 is 4.74 Å². The van der Waals surface area contributed by atoms with Crippen LogP contribution in [0.1, 0.15) is 65.2 Å². The number of halogens is 1. The van der Waals surface area contributed by atoms with E-state index in [0.717, 1.165) is 11.8 Å². The van der Waals surface area contributed by atoms with E-state index in [4.69, 9.17) is 4.74 Å². The fourth-order valence-corrected chi connectivity index (χ4v) is 8.84. The standard InChI is InChI=1S/C20H30INO/c1-12-6-5-8-17(22-12)15-10-13-14-7-3-4-9-20(14)11-16(21)18(13)19(15,2)23-20/h11-15,17-18,22H,3-10H2,1-2H3/t12-,13+,14+,15-,17-,18+,19?,20+/m1/s1. The number of piperidine rings is 1. The molecule has 3 aliphatic carbocycles. The summed E-state index contributed by atoms with van der Waals surface area (Å²) in [4.78, 5) is 0. The van der Waals surface area contributed by atoms with E-state index in [-0.39, 0.29) is 11.2 Å². The van der Waals surface area contributed by atoms with E-state index in [1.165, 1.54) is 51.4 Å². The van der Waals surface area contributed by atoms with Crippen LogP contribution in [0.5, 0.6) is 0 Å². The molecule has 1 spiro atoms. The van der Waals surface area contributed by atoms with Crippen LogP contribution in [0, 0.1) is 23.7 Å². The molecule has 0 aromatic carbocycles. The zero-order chi connectivity index (χ0) is 15.8. The van der Waals surface area contributed by atoms with Crippen LogP contribution in [0.15, 0.2) is 9.66 Å². The highest BCUT2D eigenvalue weighted by Gasteiger charge is 2.69. The van der Waals surface area contributed by atoms with Crippen molar-refractivity contribution in [3.63, 3.8) is 0 Å². The van der Waals surface area contributed by atoms with Gasteiger partial charge in [-0.2, -0.15) is 0 Å². The average molecular weight is 427 g/mol. The molecule has 0 aromatic heterocycles. The molecule has 4 fully saturated rings. The summed E-state index contributed by atoms with van der Waals surface area (Å²) in [5.74, 6) is 3.08. The minimum atomic E-state index is 0.0819. The third-order valence-corrected chi connectivity index (χ3v) is 8.99. The van der Waals surface area contributed by atoms with Crippen LogP contribution in [0.3, 0.4) is 0 Å². The first-order valence-electron chi connectivity index (χ1n) is 9.88. The van der Waals surface area contributed by atoms with Crippen molar-refractivity contribution in [2.45, 2.75) is 88.5 Å². The number of hydrogen-bond donors (Lipinski definition) is 1. The van der Waals surface area contributed by atoms with Gasteiger partial charge in [0, 0.05) is 23.9 Å². The van der Waals surface area contributed by atoms with Crippen LogP contribution in [-0.2, 0) is 4.74 Å². The van der Waals surface area contributed by atoms with Crippen LogP contribution in [0.25, 0.3) is 0 Å². The molecule has 1 unspecified atom stereocenters. The first kappa shape index (κ1) is 15.6. The minimum Gasteiger partial charge on any atom is -0.363 e. The lowest BCUT2D eigenvalue weighted by atomic mass is 9.59. The van der Waals surface area contributed by atoms with Crippen molar-refractivity contribution in [2.24, 2.45) is 23.7 Å². The third-order valence-electron chi connectivity index (χ3n) is 8.01. The van der Waals surface area contributed by atoms with Gasteiger partial charge in [-0.15, -0.1) is 0 Å². The van der Waals surface area contributed by atoms with Gasteiger partial charge >= 0.3 is 0 Å². The summed E-state index contributed by atoms with van der Waals surface area (Å²) >= 11 is 2.66. The molecule has 2 saturated heterocycles. The fourth-order valence-electron chi connectivity index (χ4n) is 7.23. The van der Waals surface area contributed by atoms with E-state index in [2.05, 4.69) is 47.8 Å². The summed E-state index contributed by atoms with van der Waals surface area (Å²) in [5, 5.41) is 3.95. The summed E-state index contributed by atoms with van der Waals surface area (Å²) in [7, 11) is 0. The Kier molecular flexibility index (Phi) is 3.53. The lowest BCUT2D eigenvalue weighted by molar-refractivity contribution is -0.238. The van der Waals surface area contributed by atoms with E-state index in [1.807, 2.05) is 0 Å². The van der Waals surface area contributed by atoms with Crippen molar-refractivity contribution in [3.8, 4) is 0 Å². The van der Waals surface area contributed by atoms with Crippen LogP contribution in [0.4, 0.5) is 0 Å². The Morgan fingerprint density at radius 3 is 2.87 bits per heavy atom. The normalized spacial score (nSPS) is 58.0. The van der Waals surface area contributed by atoms with E-state index in [0.29, 0.717) is 23.9 Å². The predicted molar refractivity (Wildman–Crippen MR) is 102 cm³/mol. The van der Waals surface area contributed by atoms with Gasteiger partial charge in [0.15, 0.2) is 0 Å². The molecule has 23 heavy (non-hydrogen) atoms. The van der Waals surface area contributed by atoms with Gasteiger partial charge in [-0.3, -0.25) is 0 Å². The maximum atomic E-state index is 7.11. The predicted octanol–water partition coefficient (Wildman–Crippen LogP) is 4.82. The Morgan fingerprint density at radius 1 is 1.17 bits per heavy atom.